The van der Waals surface area contributed by atoms with Crippen LogP contribution in [-0.4, -0.2) is 115 Å². The molecule has 0 bridgehead atoms. The minimum absolute atomic E-state index is 0.282. The fraction of sp³-hybridized carbons (Fsp3) is 0.600. The Hall–Kier alpha value is -1.44. The molecule has 2 saturated heterocycles. The van der Waals surface area contributed by atoms with Crippen molar-refractivity contribution in [1.82, 2.24) is 0 Å². The lowest BCUT2D eigenvalue weighted by molar-refractivity contribution is -0.320. The molecule has 168 valence electrons. The summed E-state index contributed by atoms with van der Waals surface area (Å²) in [7, 11) is 0. The Morgan fingerprint density at radius 1 is 0.933 bits per heavy atom. The molecule has 3 rings (SSSR count). The lowest BCUT2D eigenvalue weighted by Gasteiger charge is -2.52. The van der Waals surface area contributed by atoms with Crippen LogP contribution in [0, 0.1) is 0 Å². The molecule has 0 radical (unpaired) electrons. The van der Waals surface area contributed by atoms with Crippen LogP contribution in [0.5, 0.6) is 0 Å². The highest BCUT2D eigenvalue weighted by Gasteiger charge is 2.63. The molecular weight excluding hydrogens is 400 g/mol. The van der Waals surface area contributed by atoms with Gasteiger partial charge in [0.1, 0.15) is 48.3 Å². The normalized spacial score (nSPS) is 42.2. The second-order valence-corrected chi connectivity index (χ2v) is 7.83. The SMILES string of the molecule is OC(C=Cc1ccccc1)[C@]1(O)[C@@H](C(O)[C@]2(O)COC[C@@H](O)[C@H]2O)OC[C@H](O)[C@H]1O. The zero-order chi connectivity index (χ0) is 22.1. The molecule has 0 aliphatic carbocycles. The quantitative estimate of drug-likeness (QED) is 0.237. The van der Waals surface area contributed by atoms with E-state index in [9.17, 15) is 40.9 Å². The van der Waals surface area contributed by atoms with Crippen LogP contribution in [0.25, 0.3) is 6.08 Å². The molecule has 2 heterocycles. The summed E-state index contributed by atoms with van der Waals surface area (Å²) in [4.78, 5) is 0. The molecule has 2 unspecified atom stereocenters. The molecule has 30 heavy (non-hydrogen) atoms. The van der Waals surface area contributed by atoms with Crippen LogP contribution >= 0.6 is 0 Å². The maximum absolute atomic E-state index is 11.2. The number of hydrogen-bond acceptors (Lipinski definition) is 10. The first-order chi connectivity index (χ1) is 14.1. The first kappa shape index (κ1) is 23.2. The van der Waals surface area contributed by atoms with Gasteiger partial charge in [0.15, 0.2) is 5.60 Å². The van der Waals surface area contributed by atoms with Gasteiger partial charge in [0, 0.05) is 0 Å². The van der Waals surface area contributed by atoms with Crippen LogP contribution in [0.15, 0.2) is 36.4 Å². The summed E-state index contributed by atoms with van der Waals surface area (Å²) in [6.45, 7) is -1.40. The van der Waals surface area contributed by atoms with E-state index in [4.69, 9.17) is 9.47 Å². The maximum Gasteiger partial charge on any atom is 0.151 e. The first-order valence-corrected chi connectivity index (χ1v) is 9.58. The standard InChI is InChI=1S/C20H28O10/c21-12-8-29-10-19(27,15(12)24)17(26)18-20(28,16(25)13(22)9-30-18)14(23)7-6-11-4-2-1-3-5-11/h1-7,12-18,21-28H,8-10H2/t12-,13+,14?,15-,16-,17?,18-,19+,20-/m1/s1. The zero-order valence-corrected chi connectivity index (χ0v) is 16.1. The van der Waals surface area contributed by atoms with Gasteiger partial charge in [0.25, 0.3) is 0 Å². The number of aliphatic hydroxyl groups is 8. The van der Waals surface area contributed by atoms with Crippen molar-refractivity contribution in [2.45, 2.75) is 53.9 Å². The minimum Gasteiger partial charge on any atom is -0.388 e. The fourth-order valence-corrected chi connectivity index (χ4v) is 3.89. The molecule has 8 N–H and O–H groups in total. The summed E-state index contributed by atoms with van der Waals surface area (Å²) in [5, 5.41) is 83.9. The Morgan fingerprint density at radius 2 is 1.57 bits per heavy atom. The first-order valence-electron chi connectivity index (χ1n) is 9.58. The largest absolute Gasteiger partial charge is 0.388 e. The van der Waals surface area contributed by atoms with Gasteiger partial charge in [-0.05, 0) is 5.56 Å². The molecule has 0 amide bonds. The van der Waals surface area contributed by atoms with Crippen molar-refractivity contribution in [2.24, 2.45) is 0 Å². The minimum atomic E-state index is -2.67. The van der Waals surface area contributed by atoms with Gasteiger partial charge in [0.05, 0.1) is 19.8 Å². The van der Waals surface area contributed by atoms with Crippen molar-refractivity contribution >= 4 is 6.08 Å². The van der Waals surface area contributed by atoms with Crippen molar-refractivity contribution < 1.29 is 50.3 Å². The van der Waals surface area contributed by atoms with E-state index in [2.05, 4.69) is 0 Å². The van der Waals surface area contributed by atoms with E-state index in [0.29, 0.717) is 5.56 Å². The van der Waals surface area contributed by atoms with E-state index in [-0.39, 0.29) is 6.61 Å². The number of hydrogen-bond donors (Lipinski definition) is 8. The number of ether oxygens (including phenoxy) is 2. The van der Waals surface area contributed by atoms with E-state index in [1.165, 1.54) is 6.08 Å². The molecule has 10 nitrogen and oxygen atoms in total. The lowest BCUT2D eigenvalue weighted by atomic mass is 9.72. The van der Waals surface area contributed by atoms with Crippen LogP contribution in [-0.2, 0) is 9.47 Å². The van der Waals surface area contributed by atoms with E-state index >= 15 is 0 Å². The van der Waals surface area contributed by atoms with Crippen LogP contribution < -0.4 is 0 Å². The third-order valence-corrected chi connectivity index (χ3v) is 5.78. The molecule has 1 aromatic carbocycles. The Balaban J connectivity index is 1.92. The highest BCUT2D eigenvalue weighted by molar-refractivity contribution is 5.49. The van der Waals surface area contributed by atoms with Gasteiger partial charge >= 0.3 is 0 Å². The summed E-state index contributed by atoms with van der Waals surface area (Å²) in [6.07, 6.45) is -10.1. The molecule has 10 heteroatoms. The second kappa shape index (κ2) is 8.97. The number of aliphatic hydroxyl groups excluding tert-OH is 6. The number of rotatable bonds is 5. The summed E-state index contributed by atoms with van der Waals surface area (Å²) < 4.78 is 10.3. The van der Waals surface area contributed by atoms with Crippen LogP contribution in [0.4, 0.5) is 0 Å². The average Bonchev–Trinajstić information content (AvgIpc) is 2.74. The fourth-order valence-electron chi connectivity index (χ4n) is 3.89. The van der Waals surface area contributed by atoms with E-state index < -0.39 is 67.1 Å². The van der Waals surface area contributed by atoms with Crippen molar-refractivity contribution in [3.63, 3.8) is 0 Å². The molecule has 2 fully saturated rings. The molecule has 2 aliphatic rings. The van der Waals surface area contributed by atoms with Crippen LogP contribution in [0.1, 0.15) is 5.56 Å². The Labute approximate surface area is 172 Å². The van der Waals surface area contributed by atoms with Gasteiger partial charge in [-0.3, -0.25) is 0 Å². The highest BCUT2D eigenvalue weighted by Crippen LogP contribution is 2.37. The monoisotopic (exact) mass is 428 g/mol. The molecule has 0 spiro atoms. The third-order valence-electron chi connectivity index (χ3n) is 5.78. The van der Waals surface area contributed by atoms with Gasteiger partial charge in [-0.1, -0.05) is 42.5 Å². The van der Waals surface area contributed by atoms with E-state index in [1.54, 1.807) is 30.3 Å². The predicted octanol–water partition coefficient (Wildman–Crippen LogP) is -3.24. The van der Waals surface area contributed by atoms with Gasteiger partial charge in [0.2, 0.25) is 0 Å². The van der Waals surface area contributed by atoms with Gasteiger partial charge in [-0.25, -0.2) is 0 Å². The molecule has 2 aliphatic heterocycles. The van der Waals surface area contributed by atoms with Crippen molar-refractivity contribution in [2.75, 3.05) is 19.8 Å². The van der Waals surface area contributed by atoms with Gasteiger partial charge < -0.3 is 50.3 Å². The average molecular weight is 428 g/mol. The van der Waals surface area contributed by atoms with Gasteiger partial charge in [-0.2, -0.15) is 0 Å². The topological polar surface area (TPSA) is 180 Å². The van der Waals surface area contributed by atoms with Crippen molar-refractivity contribution in [3.8, 4) is 0 Å². The van der Waals surface area contributed by atoms with Crippen molar-refractivity contribution in [1.29, 1.82) is 0 Å². The zero-order valence-electron chi connectivity index (χ0n) is 16.1. The van der Waals surface area contributed by atoms with Crippen LogP contribution in [0.2, 0.25) is 0 Å². The van der Waals surface area contributed by atoms with E-state index in [1.807, 2.05) is 0 Å². The Kier molecular flexibility index (Phi) is 6.94. The van der Waals surface area contributed by atoms with Crippen LogP contribution in [0.3, 0.4) is 0 Å². The Bertz CT molecular complexity index is 730. The molecule has 9 atom stereocenters. The van der Waals surface area contributed by atoms with Crippen molar-refractivity contribution in [3.05, 3.63) is 42.0 Å². The molecule has 0 saturated carbocycles. The predicted molar refractivity (Wildman–Crippen MR) is 102 cm³/mol. The summed E-state index contributed by atoms with van der Waals surface area (Å²) in [6, 6.07) is 8.74. The summed E-state index contributed by atoms with van der Waals surface area (Å²) in [5.41, 5.74) is -4.47. The second-order valence-electron chi connectivity index (χ2n) is 7.83. The smallest absolute Gasteiger partial charge is 0.151 e. The highest BCUT2D eigenvalue weighted by atomic mass is 16.6. The third kappa shape index (κ3) is 4.04. The molecule has 1 aromatic rings. The molecule has 0 aromatic heterocycles. The number of benzene rings is 1. The maximum atomic E-state index is 11.2. The van der Waals surface area contributed by atoms with E-state index in [0.717, 1.165) is 6.08 Å². The van der Waals surface area contributed by atoms with Gasteiger partial charge in [-0.15, -0.1) is 0 Å². The molecular formula is C20H28O10. The summed E-state index contributed by atoms with van der Waals surface area (Å²) in [5.74, 6) is 0. The summed E-state index contributed by atoms with van der Waals surface area (Å²) >= 11 is 0. The Morgan fingerprint density at radius 3 is 2.23 bits per heavy atom. The lowest BCUT2D eigenvalue weighted by Crippen LogP contribution is -2.76.